The number of hydrogen-bond acceptors (Lipinski definition) is 4. The second kappa shape index (κ2) is 7.31. The van der Waals surface area contributed by atoms with Gasteiger partial charge in [0.1, 0.15) is 0 Å². The molecule has 2 aromatic rings. The van der Waals surface area contributed by atoms with Crippen LogP contribution < -0.4 is 9.13 Å². The normalized spacial score (nSPS) is 10.1. The van der Waals surface area contributed by atoms with Crippen LogP contribution in [0, 0.1) is 0 Å². The molecule has 114 valence electrons. The molecule has 0 saturated carbocycles. The predicted molar refractivity (Wildman–Crippen MR) is 76.3 cm³/mol. The van der Waals surface area contributed by atoms with Gasteiger partial charge in [0.25, 0.3) is 0 Å². The Morgan fingerprint density at radius 2 is 1.09 bits per heavy atom. The number of methoxy groups -OCH3 is 2. The number of nitrogens with zero attached hydrogens (tertiary/aromatic N) is 2. The lowest BCUT2D eigenvalue weighted by atomic mass is 10.1. The monoisotopic (exact) mass is 302 g/mol. The molecular formula is C16H18N2O4+2. The Morgan fingerprint density at radius 3 is 1.36 bits per heavy atom. The van der Waals surface area contributed by atoms with Crippen LogP contribution in [0.1, 0.15) is 0 Å². The smallest absolute Gasteiger partial charge is 0.372 e. The standard InChI is InChI=1S/C16H18N2O4/c1-21-15(19)11-17-7-3-13(4-8-17)14-5-9-18(10-6-14)12-16(20)22-2/h3-10H,11-12H2,1-2H3/q+2. The van der Waals surface area contributed by atoms with E-state index in [1.807, 2.05) is 49.1 Å². The van der Waals surface area contributed by atoms with Gasteiger partial charge in [0, 0.05) is 24.3 Å². The molecule has 6 nitrogen and oxygen atoms in total. The molecule has 6 heteroatoms. The first-order valence-electron chi connectivity index (χ1n) is 6.74. The number of ether oxygens (including phenoxy) is 2. The fourth-order valence-corrected chi connectivity index (χ4v) is 1.94. The molecule has 0 aromatic carbocycles. The van der Waals surface area contributed by atoms with Gasteiger partial charge in [-0.05, 0) is 11.1 Å². The third-order valence-electron chi connectivity index (χ3n) is 3.19. The minimum absolute atomic E-state index is 0.185. The molecule has 0 radical (unpaired) electrons. The van der Waals surface area contributed by atoms with Gasteiger partial charge < -0.3 is 9.47 Å². The lowest BCUT2D eigenvalue weighted by Crippen LogP contribution is -2.37. The third-order valence-corrected chi connectivity index (χ3v) is 3.19. The Balaban J connectivity index is 2.08. The zero-order valence-electron chi connectivity index (χ0n) is 12.6. The van der Waals surface area contributed by atoms with Crippen molar-refractivity contribution in [3.8, 4) is 11.1 Å². The molecule has 2 heterocycles. The molecule has 22 heavy (non-hydrogen) atoms. The van der Waals surface area contributed by atoms with E-state index >= 15 is 0 Å². The number of carbonyl (C=O) groups is 2. The van der Waals surface area contributed by atoms with Crippen molar-refractivity contribution in [2.75, 3.05) is 14.2 Å². The second-order valence-electron chi connectivity index (χ2n) is 4.67. The predicted octanol–water partition coefficient (Wildman–Crippen LogP) is 0.275. The van der Waals surface area contributed by atoms with Crippen molar-refractivity contribution in [3.05, 3.63) is 49.1 Å². The number of carbonyl (C=O) groups excluding carboxylic acids is 2. The molecule has 0 aliphatic carbocycles. The van der Waals surface area contributed by atoms with Gasteiger partial charge in [-0.2, -0.15) is 9.13 Å². The van der Waals surface area contributed by atoms with E-state index in [0.717, 1.165) is 11.1 Å². The van der Waals surface area contributed by atoms with Crippen LogP contribution in [-0.4, -0.2) is 26.2 Å². The molecule has 0 spiro atoms. The molecule has 2 aromatic heterocycles. The molecule has 0 aliphatic rings. The maximum absolute atomic E-state index is 11.2. The van der Waals surface area contributed by atoms with Crippen molar-refractivity contribution in [2.45, 2.75) is 13.1 Å². The summed E-state index contributed by atoms with van der Waals surface area (Å²) >= 11 is 0. The summed E-state index contributed by atoms with van der Waals surface area (Å²) < 4.78 is 12.7. The van der Waals surface area contributed by atoms with Crippen LogP contribution in [-0.2, 0) is 32.2 Å². The van der Waals surface area contributed by atoms with Gasteiger partial charge in [0.15, 0.2) is 24.8 Å². The first kappa shape index (κ1) is 15.6. The van der Waals surface area contributed by atoms with E-state index in [0.29, 0.717) is 0 Å². The van der Waals surface area contributed by atoms with Crippen molar-refractivity contribution >= 4 is 11.9 Å². The summed E-state index contributed by atoms with van der Waals surface area (Å²) in [5, 5.41) is 0. The highest BCUT2D eigenvalue weighted by molar-refractivity contribution is 5.68. The SMILES string of the molecule is COC(=O)C[n+]1ccc(-c2cc[n+](CC(=O)OC)cc2)cc1. The fourth-order valence-electron chi connectivity index (χ4n) is 1.94. The fraction of sp³-hybridized carbons (Fsp3) is 0.250. The minimum Gasteiger partial charge on any atom is -0.464 e. The molecule has 0 aliphatic heterocycles. The lowest BCUT2D eigenvalue weighted by molar-refractivity contribution is -0.686. The van der Waals surface area contributed by atoms with E-state index in [4.69, 9.17) is 0 Å². The molecule has 0 N–H and O–H groups in total. The van der Waals surface area contributed by atoms with Gasteiger partial charge in [-0.3, -0.25) is 0 Å². The molecule has 0 atom stereocenters. The highest BCUT2D eigenvalue weighted by Crippen LogP contribution is 2.15. The molecule has 0 bridgehead atoms. The molecule has 0 saturated heterocycles. The summed E-state index contributed by atoms with van der Waals surface area (Å²) in [4.78, 5) is 22.4. The van der Waals surface area contributed by atoms with Crippen LogP contribution >= 0.6 is 0 Å². The zero-order valence-corrected chi connectivity index (χ0v) is 12.6. The van der Waals surface area contributed by atoms with Crippen molar-refractivity contribution in [1.29, 1.82) is 0 Å². The number of aromatic nitrogens is 2. The van der Waals surface area contributed by atoms with Crippen molar-refractivity contribution < 1.29 is 28.2 Å². The molecule has 0 unspecified atom stereocenters. The Morgan fingerprint density at radius 1 is 0.773 bits per heavy atom. The largest absolute Gasteiger partial charge is 0.464 e. The van der Waals surface area contributed by atoms with Crippen molar-refractivity contribution in [2.24, 2.45) is 0 Å². The summed E-state index contributed by atoms with van der Waals surface area (Å²) in [7, 11) is 2.73. The van der Waals surface area contributed by atoms with Gasteiger partial charge >= 0.3 is 11.9 Å². The summed E-state index contributed by atoms with van der Waals surface area (Å²) in [6.07, 6.45) is 7.28. The average Bonchev–Trinajstić information content (AvgIpc) is 2.56. The van der Waals surface area contributed by atoms with Crippen LogP contribution in [0.3, 0.4) is 0 Å². The quantitative estimate of drug-likeness (QED) is 0.588. The summed E-state index contributed by atoms with van der Waals surface area (Å²) in [5.41, 5.74) is 2.04. The van der Waals surface area contributed by atoms with Crippen LogP contribution in [0.25, 0.3) is 11.1 Å². The second-order valence-corrected chi connectivity index (χ2v) is 4.67. The number of hydrogen-bond donors (Lipinski definition) is 0. The summed E-state index contributed by atoms with van der Waals surface area (Å²) in [5.74, 6) is -0.581. The average molecular weight is 302 g/mol. The highest BCUT2D eigenvalue weighted by atomic mass is 16.5. The Hall–Kier alpha value is -2.76. The topological polar surface area (TPSA) is 60.4 Å². The summed E-state index contributed by atoms with van der Waals surface area (Å²) in [6, 6.07) is 7.68. The highest BCUT2D eigenvalue weighted by Gasteiger charge is 2.11. The zero-order chi connectivity index (χ0) is 15.9. The Bertz CT molecular complexity index is 591. The summed E-state index contributed by atoms with van der Waals surface area (Å²) in [6.45, 7) is 0.370. The van der Waals surface area contributed by atoms with Gasteiger partial charge in [-0.25, -0.2) is 9.59 Å². The first-order chi connectivity index (χ1) is 10.6. The first-order valence-corrected chi connectivity index (χ1v) is 6.74. The van der Waals surface area contributed by atoms with Gasteiger partial charge in [-0.1, -0.05) is 0 Å². The van der Waals surface area contributed by atoms with E-state index in [9.17, 15) is 9.59 Å². The Labute approximate surface area is 128 Å². The molecule has 0 fully saturated rings. The van der Waals surface area contributed by atoms with Crippen LogP contribution in [0.4, 0.5) is 0 Å². The van der Waals surface area contributed by atoms with E-state index in [1.54, 1.807) is 9.13 Å². The molecule has 2 rings (SSSR count). The van der Waals surface area contributed by atoms with E-state index < -0.39 is 0 Å². The van der Waals surface area contributed by atoms with Gasteiger partial charge in [-0.15, -0.1) is 0 Å². The molecule has 0 amide bonds. The Kier molecular flexibility index (Phi) is 5.19. The number of pyridine rings is 2. The maximum atomic E-state index is 11.2. The number of esters is 2. The van der Waals surface area contributed by atoms with Gasteiger partial charge in [0.2, 0.25) is 13.1 Å². The minimum atomic E-state index is -0.290. The van der Waals surface area contributed by atoms with Crippen LogP contribution in [0.15, 0.2) is 49.1 Å². The lowest BCUT2D eigenvalue weighted by Gasteiger charge is -2.01. The maximum Gasteiger partial charge on any atom is 0.372 e. The van der Waals surface area contributed by atoms with Crippen molar-refractivity contribution in [3.63, 3.8) is 0 Å². The third kappa shape index (κ3) is 4.12. The van der Waals surface area contributed by atoms with Gasteiger partial charge in [0.05, 0.1) is 14.2 Å². The van der Waals surface area contributed by atoms with Crippen molar-refractivity contribution in [1.82, 2.24) is 0 Å². The van der Waals surface area contributed by atoms with E-state index in [1.165, 1.54) is 14.2 Å². The molecular weight excluding hydrogens is 284 g/mol. The van der Waals surface area contributed by atoms with E-state index in [2.05, 4.69) is 9.47 Å². The van der Waals surface area contributed by atoms with E-state index in [-0.39, 0.29) is 25.0 Å². The van der Waals surface area contributed by atoms with Crippen LogP contribution in [0.2, 0.25) is 0 Å². The number of rotatable bonds is 5. The van der Waals surface area contributed by atoms with Crippen LogP contribution in [0.5, 0.6) is 0 Å².